The summed E-state index contributed by atoms with van der Waals surface area (Å²) in [7, 11) is -4.35. The highest BCUT2D eigenvalue weighted by molar-refractivity contribution is 6.50. The second-order valence-corrected chi connectivity index (χ2v) is 4.77. The second-order valence-electron chi connectivity index (χ2n) is 4.77. The summed E-state index contributed by atoms with van der Waals surface area (Å²) in [6.07, 6.45) is 7.55. The van der Waals surface area contributed by atoms with E-state index in [1.54, 1.807) is 7.11 Å². The summed E-state index contributed by atoms with van der Waals surface area (Å²) >= 11 is 0. The minimum Gasteiger partial charge on any atom is -0.497 e. The molecule has 3 aromatic rings. The maximum atomic E-state index is 9.75. The van der Waals surface area contributed by atoms with Crippen molar-refractivity contribution in [2.75, 3.05) is 7.11 Å². The predicted molar refractivity (Wildman–Crippen MR) is 85.7 cm³/mol. The van der Waals surface area contributed by atoms with E-state index in [1.165, 1.54) is 0 Å². The highest BCUT2D eigenvalue weighted by Crippen LogP contribution is 2.18. The van der Waals surface area contributed by atoms with Gasteiger partial charge in [0.25, 0.3) is 0 Å². The smallest absolute Gasteiger partial charge is 0.497 e. The molecule has 0 saturated carbocycles. The van der Waals surface area contributed by atoms with E-state index in [1.807, 2.05) is 71.8 Å². The van der Waals surface area contributed by atoms with Crippen LogP contribution in [0.15, 0.2) is 67.3 Å². The molecule has 0 bridgehead atoms. The Morgan fingerprint density at radius 3 is 1.88 bits per heavy atom. The summed E-state index contributed by atoms with van der Waals surface area (Å²) in [6.45, 7) is 0. The predicted octanol–water partition coefficient (Wildman–Crippen LogP) is 3.73. The molecule has 2 aromatic heterocycles. The number of aromatic nitrogens is 3. The minimum absolute atomic E-state index is 0.702. The van der Waals surface area contributed by atoms with Crippen molar-refractivity contribution in [3.63, 3.8) is 0 Å². The number of methoxy groups -OCH3 is 1. The number of benzene rings is 1. The van der Waals surface area contributed by atoms with Gasteiger partial charge in [-0.05, 0) is 24.3 Å². The molecule has 0 atom stereocenters. The minimum atomic E-state index is -6.00. The highest BCUT2D eigenvalue weighted by atomic mass is 19.5. The Kier molecular flexibility index (Phi) is 6.05. The molecular formula is C16H14BF4N3O. The van der Waals surface area contributed by atoms with Gasteiger partial charge in [-0.2, -0.15) is 4.57 Å². The Hall–Kier alpha value is -2.97. The molecule has 9 heteroatoms. The van der Waals surface area contributed by atoms with Gasteiger partial charge in [0, 0.05) is 17.7 Å². The van der Waals surface area contributed by atoms with Gasteiger partial charge in [0.15, 0.2) is 18.2 Å². The lowest BCUT2D eigenvalue weighted by molar-refractivity contribution is -0.596. The first kappa shape index (κ1) is 18.4. The fourth-order valence-electron chi connectivity index (χ4n) is 1.91. The number of nitrogens with zero attached hydrogens (tertiary/aromatic N) is 3. The van der Waals surface area contributed by atoms with Gasteiger partial charge in [0.2, 0.25) is 5.69 Å². The monoisotopic (exact) mass is 351 g/mol. The first-order valence-corrected chi connectivity index (χ1v) is 7.17. The molecule has 0 amide bonds. The standard InChI is InChI=1S/C16H14N3O.BF4/c1-20-15-7-5-13(6-8-15)16-17-11-14(12-18-16)19-9-3-2-4-10-19;2-1(3,4)5/h2-12H,1H3;/q+1;-1. The van der Waals surface area contributed by atoms with Crippen LogP contribution < -0.4 is 9.30 Å². The zero-order chi connectivity index (χ0) is 18.3. The van der Waals surface area contributed by atoms with Gasteiger partial charge in [-0.3, -0.25) is 0 Å². The second kappa shape index (κ2) is 8.23. The van der Waals surface area contributed by atoms with Crippen molar-refractivity contribution in [2.45, 2.75) is 0 Å². The van der Waals surface area contributed by atoms with E-state index in [4.69, 9.17) is 4.74 Å². The van der Waals surface area contributed by atoms with E-state index in [0.717, 1.165) is 17.0 Å². The van der Waals surface area contributed by atoms with Crippen LogP contribution in [0.25, 0.3) is 17.1 Å². The van der Waals surface area contributed by atoms with Gasteiger partial charge in [-0.25, -0.2) is 9.97 Å². The molecule has 0 N–H and O–H groups in total. The maximum Gasteiger partial charge on any atom is 0.673 e. The van der Waals surface area contributed by atoms with Crippen LogP contribution in [0, 0.1) is 0 Å². The Labute approximate surface area is 141 Å². The number of rotatable bonds is 3. The van der Waals surface area contributed by atoms with Crippen molar-refractivity contribution in [1.29, 1.82) is 0 Å². The van der Waals surface area contributed by atoms with E-state index < -0.39 is 7.25 Å². The molecule has 0 radical (unpaired) electrons. The van der Waals surface area contributed by atoms with Gasteiger partial charge >= 0.3 is 7.25 Å². The van der Waals surface area contributed by atoms with Crippen LogP contribution in [0.1, 0.15) is 0 Å². The van der Waals surface area contributed by atoms with Gasteiger partial charge in [-0.1, -0.05) is 6.07 Å². The first-order valence-electron chi connectivity index (χ1n) is 7.17. The van der Waals surface area contributed by atoms with Gasteiger partial charge in [0.05, 0.1) is 7.11 Å². The molecule has 0 fully saturated rings. The number of hydrogen-bond donors (Lipinski definition) is 0. The molecule has 0 saturated heterocycles. The van der Waals surface area contributed by atoms with Crippen LogP contribution in [0.5, 0.6) is 5.75 Å². The van der Waals surface area contributed by atoms with Crippen molar-refractivity contribution in [3.05, 3.63) is 67.3 Å². The van der Waals surface area contributed by atoms with Crippen molar-refractivity contribution < 1.29 is 26.6 Å². The summed E-state index contributed by atoms with van der Waals surface area (Å²) in [5.74, 6) is 1.53. The van der Waals surface area contributed by atoms with E-state index in [2.05, 4.69) is 9.97 Å². The van der Waals surface area contributed by atoms with Crippen molar-refractivity contribution in [2.24, 2.45) is 0 Å². The van der Waals surface area contributed by atoms with Crippen LogP contribution in [-0.4, -0.2) is 24.3 Å². The van der Waals surface area contributed by atoms with E-state index >= 15 is 0 Å². The summed E-state index contributed by atoms with van der Waals surface area (Å²) in [5.41, 5.74) is 1.90. The molecule has 2 heterocycles. The van der Waals surface area contributed by atoms with Gasteiger partial charge in [-0.15, -0.1) is 0 Å². The van der Waals surface area contributed by atoms with E-state index in [9.17, 15) is 17.3 Å². The largest absolute Gasteiger partial charge is 0.673 e. The van der Waals surface area contributed by atoms with Crippen LogP contribution in [0.3, 0.4) is 0 Å². The average Bonchev–Trinajstić information content (AvgIpc) is 2.61. The van der Waals surface area contributed by atoms with Crippen molar-refractivity contribution in [1.82, 2.24) is 9.97 Å². The molecule has 0 spiro atoms. The fourth-order valence-corrected chi connectivity index (χ4v) is 1.91. The lowest BCUT2D eigenvalue weighted by atomic mass is 10.2. The van der Waals surface area contributed by atoms with Crippen LogP contribution in [0.4, 0.5) is 17.3 Å². The molecule has 3 rings (SSSR count). The average molecular weight is 351 g/mol. The lowest BCUT2D eigenvalue weighted by Crippen LogP contribution is -2.29. The van der Waals surface area contributed by atoms with Gasteiger partial charge < -0.3 is 22.0 Å². The zero-order valence-corrected chi connectivity index (χ0v) is 13.2. The van der Waals surface area contributed by atoms with Crippen molar-refractivity contribution in [3.8, 4) is 22.8 Å². The topological polar surface area (TPSA) is 38.9 Å². The number of pyridine rings is 1. The zero-order valence-electron chi connectivity index (χ0n) is 13.2. The van der Waals surface area contributed by atoms with Crippen LogP contribution in [0.2, 0.25) is 0 Å². The van der Waals surface area contributed by atoms with Crippen molar-refractivity contribution >= 4 is 7.25 Å². The number of halogens is 4. The van der Waals surface area contributed by atoms with E-state index in [0.29, 0.717) is 5.82 Å². The third kappa shape index (κ3) is 6.21. The Morgan fingerprint density at radius 2 is 1.40 bits per heavy atom. The van der Waals surface area contributed by atoms with E-state index in [-0.39, 0.29) is 0 Å². The Bertz CT molecular complexity index is 775. The molecule has 0 unspecified atom stereocenters. The highest BCUT2D eigenvalue weighted by Gasteiger charge is 2.20. The molecular weight excluding hydrogens is 337 g/mol. The Morgan fingerprint density at radius 1 is 0.880 bits per heavy atom. The summed E-state index contributed by atoms with van der Waals surface area (Å²) in [5, 5.41) is 0. The number of ether oxygens (including phenoxy) is 1. The molecule has 130 valence electrons. The Balaban J connectivity index is 0.000000399. The summed E-state index contributed by atoms with van der Waals surface area (Å²) in [6, 6.07) is 13.6. The van der Waals surface area contributed by atoms with Gasteiger partial charge in [0.1, 0.15) is 18.1 Å². The normalized spacial score (nSPS) is 10.6. The summed E-state index contributed by atoms with van der Waals surface area (Å²) in [4.78, 5) is 8.82. The fraction of sp³-hybridized carbons (Fsp3) is 0.0625. The lowest BCUT2D eigenvalue weighted by Gasteiger charge is -2.02. The maximum absolute atomic E-state index is 9.75. The first-order chi connectivity index (χ1) is 11.9. The number of hydrogen-bond acceptors (Lipinski definition) is 3. The molecule has 0 aliphatic rings. The molecule has 0 aliphatic heterocycles. The quantitative estimate of drug-likeness (QED) is 0.410. The SMILES string of the molecule is COc1ccc(-c2ncc(-[n+]3ccccc3)cn2)cc1.F[B-](F)(F)F. The molecule has 1 aromatic carbocycles. The summed E-state index contributed by atoms with van der Waals surface area (Å²) < 4.78 is 46.1. The van der Waals surface area contributed by atoms with Crippen LogP contribution >= 0.6 is 0 Å². The third-order valence-corrected chi connectivity index (χ3v) is 3.00. The van der Waals surface area contributed by atoms with Crippen LogP contribution in [-0.2, 0) is 0 Å². The third-order valence-electron chi connectivity index (χ3n) is 3.00. The molecule has 25 heavy (non-hydrogen) atoms. The molecule has 0 aliphatic carbocycles. The molecule has 4 nitrogen and oxygen atoms in total.